The van der Waals surface area contributed by atoms with Crippen LogP contribution < -0.4 is 30.0 Å². The van der Waals surface area contributed by atoms with Crippen LogP contribution in [0.5, 0.6) is 23.0 Å². The van der Waals surface area contributed by atoms with Crippen LogP contribution in [0.4, 0.5) is 25.2 Å². The molecule has 0 fully saturated rings. The smallest absolute Gasteiger partial charge is 0.413 e. The summed E-state index contributed by atoms with van der Waals surface area (Å²) in [7, 11) is 0. The summed E-state index contributed by atoms with van der Waals surface area (Å²) >= 11 is 4.17. The summed E-state index contributed by atoms with van der Waals surface area (Å²) in [6.45, 7) is 6.14. The number of nitriles is 2. The van der Waals surface area contributed by atoms with Crippen molar-refractivity contribution < 1.29 is 37.3 Å². The average Bonchev–Trinajstić information content (AvgIpc) is 3.83. The van der Waals surface area contributed by atoms with E-state index in [9.17, 15) is 18.8 Å². The van der Waals surface area contributed by atoms with E-state index in [2.05, 4.69) is 86.9 Å². The second kappa shape index (κ2) is 21.2. The average molecular weight is 1080 g/mol. The molecule has 16 nitrogen and oxygen atoms in total. The molecule has 5 N–H and O–H groups in total. The number of aromatic amines is 2. The highest BCUT2D eigenvalue weighted by Crippen LogP contribution is 2.33. The van der Waals surface area contributed by atoms with Gasteiger partial charge in [-0.1, -0.05) is 0 Å². The van der Waals surface area contributed by atoms with Crippen molar-refractivity contribution >= 4 is 62.9 Å². The Morgan fingerprint density at radius 3 is 2.46 bits per heavy atom. The number of carbonyl (C=O) groups is 1. The first-order valence-corrected chi connectivity index (χ1v) is 21.5. The summed E-state index contributed by atoms with van der Waals surface area (Å²) in [5.74, 6) is 1.29. The van der Waals surface area contributed by atoms with E-state index < -0.39 is 17.5 Å². The number of fused-ring (bicyclic) bond motifs is 5. The molecule has 5 heterocycles. The first kappa shape index (κ1) is 46.2. The number of nitrogens with two attached hydrogens (primary N) is 1. The van der Waals surface area contributed by atoms with Gasteiger partial charge in [-0.15, -0.1) is 0 Å². The number of nitrogen functional groups attached to an aromatic ring is 1. The largest absolute Gasteiger partial charge is 0.493 e. The number of aromatic nitrogens is 6. The standard InChI is InChI=1S/C24H24FI2N5O4.C19H16FN5O2/c1-24(2,3)36-23(33)30-22-20(10-16(26)12-29-22)35-13-14-9-15(25)6-7-19(14)34-8-4-5-17-21(27)18(11-28)32-31-17;20-13-3-4-16-12(6-13)10-27-17-7-11(9-23-19(17)22)18-14(2-1-5-26-16)24-25-15(18)8-21/h6-7,9-10,12H,4-5,8,13H2,1-3H3,(H,31,32)(H,29,30,33);3-4,6-7,9H,1-2,5,10H2,(H2,22,23)(H,24,25). The number of halogens is 4. The zero-order chi connectivity index (χ0) is 45.1. The summed E-state index contributed by atoms with van der Waals surface area (Å²) in [5, 5.41) is 34.8. The van der Waals surface area contributed by atoms with Crippen molar-refractivity contribution in [3.8, 4) is 46.3 Å². The molecule has 0 spiro atoms. The van der Waals surface area contributed by atoms with E-state index in [1.54, 1.807) is 57.4 Å². The number of nitrogens with zero attached hydrogens (tertiary/aromatic N) is 6. The molecule has 0 atom stereocenters. The number of nitrogens with one attached hydrogen (secondary N) is 3. The number of anilines is 2. The molecule has 4 aromatic heterocycles. The van der Waals surface area contributed by atoms with Gasteiger partial charge in [-0.25, -0.2) is 23.5 Å². The van der Waals surface area contributed by atoms with Crippen LogP contribution in [0.2, 0.25) is 0 Å². The van der Waals surface area contributed by atoms with Gasteiger partial charge in [-0.05, 0) is 140 Å². The normalized spacial score (nSPS) is 12.1. The van der Waals surface area contributed by atoms with E-state index in [0.717, 1.165) is 18.5 Å². The molecule has 0 unspecified atom stereocenters. The fourth-order valence-electron chi connectivity index (χ4n) is 6.06. The Kier molecular flexibility index (Phi) is 15.6. The zero-order valence-electron chi connectivity index (χ0n) is 34.2. The highest BCUT2D eigenvalue weighted by atomic mass is 127. The van der Waals surface area contributed by atoms with Crippen LogP contribution in [0.3, 0.4) is 0 Å². The van der Waals surface area contributed by atoms with E-state index in [1.807, 2.05) is 6.07 Å². The quantitative estimate of drug-likeness (QED) is 0.0783. The molecule has 7 rings (SSSR count). The predicted octanol–water partition coefficient (Wildman–Crippen LogP) is 8.93. The third kappa shape index (κ3) is 12.7. The van der Waals surface area contributed by atoms with Gasteiger partial charge in [-0.2, -0.15) is 20.7 Å². The zero-order valence-corrected chi connectivity index (χ0v) is 38.5. The lowest BCUT2D eigenvalue weighted by molar-refractivity contribution is 0.0634. The molecule has 0 aliphatic carbocycles. The lowest BCUT2D eigenvalue weighted by Crippen LogP contribution is -2.27. The summed E-state index contributed by atoms with van der Waals surface area (Å²) in [6, 6.07) is 16.1. The molecule has 0 saturated carbocycles. The number of rotatable bonds is 9. The summed E-state index contributed by atoms with van der Waals surface area (Å²) in [5.41, 5.74) is 10.0. The molecule has 6 aromatic rings. The number of benzene rings is 2. The highest BCUT2D eigenvalue weighted by molar-refractivity contribution is 14.1. The lowest BCUT2D eigenvalue weighted by atomic mass is 10.0. The van der Waals surface area contributed by atoms with Gasteiger partial charge in [0.25, 0.3) is 0 Å². The molecule has 2 bridgehead atoms. The molecular weight excluding hydrogens is 1040 g/mol. The molecule has 1 aliphatic rings. The van der Waals surface area contributed by atoms with Crippen LogP contribution in [0.15, 0.2) is 60.9 Å². The maximum atomic E-state index is 14.0. The Balaban J connectivity index is 0.000000218. The first-order chi connectivity index (χ1) is 30.2. The predicted molar refractivity (Wildman–Crippen MR) is 243 cm³/mol. The van der Waals surface area contributed by atoms with Crippen LogP contribution in [0, 0.1) is 41.4 Å². The van der Waals surface area contributed by atoms with Gasteiger partial charge >= 0.3 is 6.09 Å². The van der Waals surface area contributed by atoms with E-state index in [4.69, 9.17) is 34.7 Å². The fourth-order valence-corrected chi connectivity index (χ4v) is 7.12. The lowest BCUT2D eigenvalue weighted by Gasteiger charge is -2.20. The van der Waals surface area contributed by atoms with E-state index in [1.165, 1.54) is 24.3 Å². The minimum absolute atomic E-state index is 0.0121. The highest BCUT2D eigenvalue weighted by Gasteiger charge is 2.21. The van der Waals surface area contributed by atoms with Gasteiger partial charge in [-0.3, -0.25) is 15.5 Å². The van der Waals surface area contributed by atoms with Gasteiger partial charge in [0.2, 0.25) is 0 Å². The van der Waals surface area contributed by atoms with Crippen molar-refractivity contribution in [3.05, 3.63) is 114 Å². The maximum Gasteiger partial charge on any atom is 0.413 e. The SMILES string of the molecule is CC(C)(C)OC(=O)Nc1ncc(I)cc1OCc1cc(F)ccc1OCCCc1[nH]nc(C#N)c1I.N#Cc1n[nH]c2c1-c1cnc(N)c(c1)OCc1cc(F)ccc1OCCC2. The van der Waals surface area contributed by atoms with Crippen molar-refractivity contribution in [2.75, 3.05) is 24.3 Å². The van der Waals surface area contributed by atoms with Crippen molar-refractivity contribution in [3.63, 3.8) is 0 Å². The first-order valence-electron chi connectivity index (χ1n) is 19.3. The molecule has 1 aliphatic heterocycles. The molecule has 0 radical (unpaired) electrons. The Morgan fingerprint density at radius 2 is 1.70 bits per heavy atom. The Hall–Kier alpha value is -6.27. The van der Waals surface area contributed by atoms with Gasteiger partial charge in [0, 0.05) is 43.9 Å². The molecule has 1 amide bonds. The van der Waals surface area contributed by atoms with Crippen LogP contribution in [0.1, 0.15) is 67.5 Å². The molecular formula is C43H40F2I2N10O6. The minimum atomic E-state index is -0.671. The van der Waals surface area contributed by atoms with E-state index >= 15 is 0 Å². The van der Waals surface area contributed by atoms with E-state index in [0.29, 0.717) is 89.8 Å². The number of hydrogen-bond donors (Lipinski definition) is 4. The van der Waals surface area contributed by atoms with Crippen LogP contribution in [-0.2, 0) is 30.8 Å². The number of amides is 1. The molecule has 2 aromatic carbocycles. The third-order valence-corrected chi connectivity index (χ3v) is 10.7. The minimum Gasteiger partial charge on any atom is -0.493 e. The molecule has 63 heavy (non-hydrogen) atoms. The van der Waals surface area contributed by atoms with Gasteiger partial charge < -0.3 is 29.4 Å². The number of hydrogen-bond acceptors (Lipinski definition) is 13. The van der Waals surface area contributed by atoms with Gasteiger partial charge in [0.05, 0.1) is 22.5 Å². The van der Waals surface area contributed by atoms with Crippen molar-refractivity contribution in [2.45, 2.75) is 65.3 Å². The fraction of sp³-hybridized carbons (Fsp3) is 0.279. The monoisotopic (exact) mass is 1080 g/mol. The van der Waals surface area contributed by atoms with Crippen molar-refractivity contribution in [1.29, 1.82) is 10.5 Å². The molecule has 20 heteroatoms. The second-order valence-electron chi connectivity index (χ2n) is 14.7. The van der Waals surface area contributed by atoms with Gasteiger partial charge in [0.1, 0.15) is 54.1 Å². The Morgan fingerprint density at radius 1 is 0.937 bits per heavy atom. The van der Waals surface area contributed by atoms with Crippen molar-refractivity contribution in [2.24, 2.45) is 0 Å². The number of H-pyrrole nitrogens is 2. The summed E-state index contributed by atoms with van der Waals surface area (Å²) < 4.78 is 57.9. The topological polar surface area (TPSA) is 232 Å². The summed E-state index contributed by atoms with van der Waals surface area (Å²) in [4.78, 5) is 20.6. The summed E-state index contributed by atoms with van der Waals surface area (Å²) in [6.07, 6.45) is 5.12. The van der Waals surface area contributed by atoms with Crippen LogP contribution in [-0.4, -0.2) is 55.3 Å². The van der Waals surface area contributed by atoms with Crippen molar-refractivity contribution in [1.82, 2.24) is 30.4 Å². The number of aryl methyl sites for hydroxylation is 2. The number of carbonyl (C=O) groups excluding carboxylic acids is 1. The van der Waals surface area contributed by atoms with Crippen LogP contribution in [0.25, 0.3) is 11.1 Å². The number of ether oxygens (including phenoxy) is 5. The Bertz CT molecular complexity index is 2670. The van der Waals surface area contributed by atoms with Gasteiger partial charge in [0.15, 0.2) is 34.5 Å². The third-order valence-electron chi connectivity index (χ3n) is 8.91. The number of pyridine rings is 2. The van der Waals surface area contributed by atoms with Crippen LogP contribution >= 0.6 is 45.2 Å². The maximum absolute atomic E-state index is 14.0. The molecule has 326 valence electrons. The molecule has 0 saturated heterocycles. The van der Waals surface area contributed by atoms with E-state index in [-0.39, 0.29) is 36.4 Å². The Labute approximate surface area is 388 Å². The second-order valence-corrected chi connectivity index (χ2v) is 17.1.